The standard InChI is InChI=1S/C14H15ClFN5O3/c15-11-5-9(16)1-2-12(11)20-14(24)19-10-6-18-21(7-10)8-13(23)17-3-4-22/h1-2,5-7,22H,3-4,8H2,(H,17,23)(H2,19,20,24). The van der Waals surface area contributed by atoms with E-state index in [1.54, 1.807) is 0 Å². The third-order valence-electron chi connectivity index (χ3n) is 2.81. The number of hydrogen-bond donors (Lipinski definition) is 4. The van der Waals surface area contributed by atoms with Gasteiger partial charge in [0.05, 0.1) is 29.2 Å². The third-order valence-corrected chi connectivity index (χ3v) is 3.12. The number of nitrogens with one attached hydrogen (secondary N) is 3. The summed E-state index contributed by atoms with van der Waals surface area (Å²) in [5.74, 6) is -0.826. The van der Waals surface area contributed by atoms with E-state index >= 15 is 0 Å². The van der Waals surface area contributed by atoms with Gasteiger partial charge in [-0.2, -0.15) is 5.10 Å². The highest BCUT2D eigenvalue weighted by Gasteiger charge is 2.09. The number of aliphatic hydroxyl groups is 1. The summed E-state index contributed by atoms with van der Waals surface area (Å²) in [6, 6.07) is 3.00. The Morgan fingerprint density at radius 1 is 1.33 bits per heavy atom. The molecule has 0 saturated carbocycles. The fourth-order valence-corrected chi connectivity index (χ4v) is 2.00. The largest absolute Gasteiger partial charge is 0.395 e. The van der Waals surface area contributed by atoms with Crippen molar-refractivity contribution in [2.75, 3.05) is 23.8 Å². The number of anilines is 2. The van der Waals surface area contributed by atoms with Gasteiger partial charge in [0, 0.05) is 12.7 Å². The van der Waals surface area contributed by atoms with Crippen molar-refractivity contribution in [3.05, 3.63) is 41.4 Å². The zero-order valence-corrected chi connectivity index (χ0v) is 13.2. The Morgan fingerprint density at radius 3 is 2.83 bits per heavy atom. The molecule has 0 radical (unpaired) electrons. The summed E-state index contributed by atoms with van der Waals surface area (Å²) in [4.78, 5) is 23.4. The zero-order chi connectivity index (χ0) is 17.5. The second-order valence-electron chi connectivity index (χ2n) is 4.70. The highest BCUT2D eigenvalue weighted by atomic mass is 35.5. The van der Waals surface area contributed by atoms with Crippen LogP contribution in [0.2, 0.25) is 5.02 Å². The molecule has 0 saturated heterocycles. The molecule has 4 N–H and O–H groups in total. The number of nitrogens with zero attached hydrogens (tertiary/aromatic N) is 2. The molecule has 0 aliphatic heterocycles. The van der Waals surface area contributed by atoms with Crippen molar-refractivity contribution in [3.8, 4) is 0 Å². The normalized spacial score (nSPS) is 10.3. The molecule has 128 valence electrons. The lowest BCUT2D eigenvalue weighted by atomic mass is 10.3. The summed E-state index contributed by atoms with van der Waals surface area (Å²) in [6.07, 6.45) is 2.83. The Hall–Kier alpha value is -2.65. The summed E-state index contributed by atoms with van der Waals surface area (Å²) in [7, 11) is 0. The number of urea groups is 1. The van der Waals surface area contributed by atoms with E-state index in [4.69, 9.17) is 16.7 Å². The number of carbonyl (C=O) groups is 2. The topological polar surface area (TPSA) is 108 Å². The minimum Gasteiger partial charge on any atom is -0.395 e. The van der Waals surface area contributed by atoms with Crippen LogP contribution in [0, 0.1) is 5.82 Å². The Morgan fingerprint density at radius 2 is 2.12 bits per heavy atom. The van der Waals surface area contributed by atoms with Crippen LogP contribution in [0.5, 0.6) is 0 Å². The van der Waals surface area contributed by atoms with Crippen molar-refractivity contribution >= 4 is 34.9 Å². The Balaban J connectivity index is 1.89. The van der Waals surface area contributed by atoms with Crippen LogP contribution >= 0.6 is 11.6 Å². The SMILES string of the molecule is O=C(Cn1cc(NC(=O)Nc2ccc(F)cc2Cl)cn1)NCCO. The molecule has 0 unspecified atom stereocenters. The number of rotatable bonds is 6. The summed E-state index contributed by atoms with van der Waals surface area (Å²) in [6.45, 7) is -0.0388. The fraction of sp³-hybridized carbons (Fsp3) is 0.214. The van der Waals surface area contributed by atoms with Gasteiger partial charge >= 0.3 is 6.03 Å². The number of carbonyl (C=O) groups excluding carboxylic acids is 2. The maximum absolute atomic E-state index is 12.9. The van der Waals surface area contributed by atoms with E-state index in [1.165, 1.54) is 29.2 Å². The molecule has 3 amide bonds. The van der Waals surface area contributed by atoms with Crippen LogP contribution in [0.3, 0.4) is 0 Å². The quantitative estimate of drug-likeness (QED) is 0.628. The van der Waals surface area contributed by atoms with Crippen LogP contribution in [0.1, 0.15) is 0 Å². The van der Waals surface area contributed by atoms with Crippen molar-refractivity contribution in [2.24, 2.45) is 0 Å². The van der Waals surface area contributed by atoms with Crippen molar-refractivity contribution in [2.45, 2.75) is 6.54 Å². The van der Waals surface area contributed by atoms with Gasteiger partial charge in [0.15, 0.2) is 0 Å². The lowest BCUT2D eigenvalue weighted by molar-refractivity contribution is -0.122. The lowest BCUT2D eigenvalue weighted by Crippen LogP contribution is -2.30. The first-order chi connectivity index (χ1) is 11.5. The number of hydrogen-bond acceptors (Lipinski definition) is 4. The van der Waals surface area contributed by atoms with Gasteiger partial charge in [0.25, 0.3) is 0 Å². The van der Waals surface area contributed by atoms with Crippen molar-refractivity contribution in [1.82, 2.24) is 15.1 Å². The Labute approximate surface area is 141 Å². The summed E-state index contributed by atoms with van der Waals surface area (Å²) in [5, 5.41) is 20.1. The average Bonchev–Trinajstić information content (AvgIpc) is 2.95. The van der Waals surface area contributed by atoms with Gasteiger partial charge in [0.1, 0.15) is 12.4 Å². The molecule has 24 heavy (non-hydrogen) atoms. The van der Waals surface area contributed by atoms with Crippen LogP contribution in [-0.4, -0.2) is 40.0 Å². The van der Waals surface area contributed by atoms with Crippen LogP contribution in [0.15, 0.2) is 30.6 Å². The number of amides is 3. The average molecular weight is 356 g/mol. The molecule has 1 aromatic heterocycles. The third kappa shape index (κ3) is 5.21. The first-order valence-electron chi connectivity index (χ1n) is 6.91. The van der Waals surface area contributed by atoms with Crippen LogP contribution in [0.25, 0.3) is 0 Å². The van der Waals surface area contributed by atoms with E-state index in [9.17, 15) is 14.0 Å². The van der Waals surface area contributed by atoms with Crippen molar-refractivity contribution < 1.29 is 19.1 Å². The molecule has 2 rings (SSSR count). The van der Waals surface area contributed by atoms with E-state index in [1.807, 2.05) is 0 Å². The van der Waals surface area contributed by atoms with Gasteiger partial charge < -0.3 is 21.1 Å². The summed E-state index contributed by atoms with van der Waals surface area (Å²) < 4.78 is 14.3. The maximum atomic E-state index is 12.9. The number of aromatic nitrogens is 2. The first kappa shape index (κ1) is 17.7. The minimum atomic E-state index is -0.590. The van der Waals surface area contributed by atoms with E-state index in [0.717, 1.165) is 6.07 Å². The van der Waals surface area contributed by atoms with E-state index in [0.29, 0.717) is 5.69 Å². The molecule has 10 heteroatoms. The predicted molar refractivity (Wildman–Crippen MR) is 86.4 cm³/mol. The van der Waals surface area contributed by atoms with Gasteiger partial charge in [-0.15, -0.1) is 0 Å². The molecule has 0 spiro atoms. The first-order valence-corrected chi connectivity index (χ1v) is 7.29. The monoisotopic (exact) mass is 355 g/mol. The minimum absolute atomic E-state index is 0.0485. The molecular formula is C14H15ClFN5O3. The van der Waals surface area contributed by atoms with Gasteiger partial charge in [0.2, 0.25) is 5.91 Å². The number of halogens is 2. The lowest BCUT2D eigenvalue weighted by Gasteiger charge is -2.07. The fourth-order valence-electron chi connectivity index (χ4n) is 1.79. The molecule has 1 heterocycles. The van der Waals surface area contributed by atoms with Crippen LogP contribution in [0.4, 0.5) is 20.6 Å². The van der Waals surface area contributed by atoms with Gasteiger partial charge in [-0.1, -0.05) is 11.6 Å². The zero-order valence-electron chi connectivity index (χ0n) is 12.4. The molecule has 0 fully saturated rings. The molecule has 2 aromatic rings. The summed E-state index contributed by atoms with van der Waals surface area (Å²) in [5.41, 5.74) is 0.618. The van der Waals surface area contributed by atoms with Crippen molar-refractivity contribution in [1.29, 1.82) is 0 Å². The molecular weight excluding hydrogens is 341 g/mol. The number of benzene rings is 1. The number of aliphatic hydroxyl groups excluding tert-OH is 1. The molecule has 0 bridgehead atoms. The molecule has 0 aliphatic rings. The molecule has 1 aromatic carbocycles. The summed E-state index contributed by atoms with van der Waals surface area (Å²) >= 11 is 5.82. The van der Waals surface area contributed by atoms with Gasteiger partial charge in [-0.05, 0) is 18.2 Å². The smallest absolute Gasteiger partial charge is 0.323 e. The predicted octanol–water partition coefficient (Wildman–Crippen LogP) is 1.43. The Kier molecular flexibility index (Phi) is 6.10. The van der Waals surface area contributed by atoms with Crippen LogP contribution < -0.4 is 16.0 Å². The molecule has 0 atom stereocenters. The Bertz CT molecular complexity index is 737. The van der Waals surface area contributed by atoms with Crippen molar-refractivity contribution in [3.63, 3.8) is 0 Å². The van der Waals surface area contributed by atoms with Crippen LogP contribution in [-0.2, 0) is 11.3 Å². The molecule has 0 aliphatic carbocycles. The highest BCUT2D eigenvalue weighted by Crippen LogP contribution is 2.22. The molecule has 8 nitrogen and oxygen atoms in total. The van der Waals surface area contributed by atoms with Gasteiger partial charge in [-0.25, -0.2) is 9.18 Å². The second kappa shape index (κ2) is 8.27. The maximum Gasteiger partial charge on any atom is 0.323 e. The van der Waals surface area contributed by atoms with E-state index in [-0.39, 0.29) is 36.3 Å². The highest BCUT2D eigenvalue weighted by molar-refractivity contribution is 6.33. The second-order valence-corrected chi connectivity index (χ2v) is 5.11. The van der Waals surface area contributed by atoms with Gasteiger partial charge in [-0.3, -0.25) is 9.48 Å². The van der Waals surface area contributed by atoms with E-state index < -0.39 is 11.8 Å². The van der Waals surface area contributed by atoms with E-state index in [2.05, 4.69) is 21.0 Å².